The predicted octanol–water partition coefficient (Wildman–Crippen LogP) is 2.62. The maximum absolute atomic E-state index is 5.52. The van der Waals surface area contributed by atoms with Gasteiger partial charge in [0, 0.05) is 0 Å². The molecule has 0 unspecified atom stereocenters. The third-order valence-electron chi connectivity index (χ3n) is 1.96. The van der Waals surface area contributed by atoms with Crippen LogP contribution in [0, 0.1) is 5.92 Å². The fourth-order valence-corrected chi connectivity index (χ4v) is 0.440. The van der Waals surface area contributed by atoms with E-state index in [0.29, 0.717) is 12.5 Å². The Bertz CT molecular complexity index is 103. The van der Waals surface area contributed by atoms with Crippen molar-refractivity contribution in [2.75, 3.05) is 6.61 Å². The highest BCUT2D eigenvalue weighted by Gasteiger charge is 2.21. The van der Waals surface area contributed by atoms with E-state index in [0.717, 1.165) is 0 Å². The van der Waals surface area contributed by atoms with Gasteiger partial charge in [-0.3, -0.25) is 0 Å². The fraction of sp³-hybridized carbons (Fsp3) is 0.778. The summed E-state index contributed by atoms with van der Waals surface area (Å²) in [4.78, 5) is 0. The van der Waals surface area contributed by atoms with Crippen LogP contribution in [0.5, 0.6) is 0 Å². The summed E-state index contributed by atoms with van der Waals surface area (Å²) in [6, 6.07) is 0. The molecule has 0 bridgehead atoms. The molecule has 1 heteroatoms. The van der Waals surface area contributed by atoms with Gasteiger partial charge in [-0.05, 0) is 19.8 Å². The molecule has 0 fully saturated rings. The van der Waals surface area contributed by atoms with E-state index in [-0.39, 0.29) is 5.60 Å². The first-order valence-corrected chi connectivity index (χ1v) is 3.75. The molecule has 0 atom stereocenters. The summed E-state index contributed by atoms with van der Waals surface area (Å²) in [5.41, 5.74) is -0.0197. The van der Waals surface area contributed by atoms with Crippen molar-refractivity contribution >= 4 is 0 Å². The number of hydrogen-bond acceptors (Lipinski definition) is 1. The van der Waals surface area contributed by atoms with Crippen molar-refractivity contribution in [3.63, 3.8) is 0 Å². The molecule has 0 aliphatic rings. The minimum atomic E-state index is -0.0197. The van der Waals surface area contributed by atoms with Gasteiger partial charge in [-0.1, -0.05) is 19.9 Å². The molecule has 10 heavy (non-hydrogen) atoms. The Morgan fingerprint density at radius 3 is 2.30 bits per heavy atom. The quantitative estimate of drug-likeness (QED) is 0.548. The van der Waals surface area contributed by atoms with Gasteiger partial charge in [0.05, 0.1) is 12.2 Å². The molecule has 0 aliphatic heterocycles. The SMILES string of the molecule is C=CCOC(C)(C)C(C)C. The molecule has 0 radical (unpaired) electrons. The van der Waals surface area contributed by atoms with Gasteiger partial charge in [0.15, 0.2) is 0 Å². The van der Waals surface area contributed by atoms with Crippen LogP contribution < -0.4 is 0 Å². The van der Waals surface area contributed by atoms with Gasteiger partial charge in [0.2, 0.25) is 0 Å². The molecule has 0 heterocycles. The Kier molecular flexibility index (Phi) is 3.66. The lowest BCUT2D eigenvalue weighted by Crippen LogP contribution is -2.30. The lowest BCUT2D eigenvalue weighted by molar-refractivity contribution is -0.0358. The first-order valence-electron chi connectivity index (χ1n) is 3.75. The van der Waals surface area contributed by atoms with Crippen molar-refractivity contribution in [3.05, 3.63) is 12.7 Å². The highest BCUT2D eigenvalue weighted by atomic mass is 16.5. The second-order valence-corrected chi connectivity index (χ2v) is 3.36. The van der Waals surface area contributed by atoms with Crippen LogP contribution >= 0.6 is 0 Å². The van der Waals surface area contributed by atoms with Gasteiger partial charge >= 0.3 is 0 Å². The van der Waals surface area contributed by atoms with E-state index in [1.54, 1.807) is 6.08 Å². The minimum Gasteiger partial charge on any atom is -0.371 e. The highest BCUT2D eigenvalue weighted by Crippen LogP contribution is 2.19. The Balaban J connectivity index is 3.74. The van der Waals surface area contributed by atoms with Crippen LogP contribution in [0.4, 0.5) is 0 Å². The van der Waals surface area contributed by atoms with E-state index in [1.807, 2.05) is 0 Å². The maximum Gasteiger partial charge on any atom is 0.0653 e. The molecular formula is C9H18O. The van der Waals surface area contributed by atoms with Crippen molar-refractivity contribution in [3.8, 4) is 0 Å². The lowest BCUT2D eigenvalue weighted by Gasteiger charge is -2.28. The summed E-state index contributed by atoms with van der Waals surface area (Å²) in [6.07, 6.45) is 1.78. The molecule has 0 saturated carbocycles. The molecular weight excluding hydrogens is 124 g/mol. The lowest BCUT2D eigenvalue weighted by atomic mass is 9.95. The molecule has 0 N–H and O–H groups in total. The monoisotopic (exact) mass is 142 g/mol. The van der Waals surface area contributed by atoms with Crippen LogP contribution in [-0.2, 0) is 4.74 Å². The Labute approximate surface area is 64.1 Å². The fourth-order valence-electron chi connectivity index (χ4n) is 0.440. The molecule has 0 aromatic heterocycles. The van der Waals surface area contributed by atoms with Crippen LogP contribution in [0.3, 0.4) is 0 Å². The average molecular weight is 142 g/mol. The van der Waals surface area contributed by atoms with E-state index >= 15 is 0 Å². The topological polar surface area (TPSA) is 9.23 Å². The zero-order valence-corrected chi connectivity index (χ0v) is 7.48. The predicted molar refractivity (Wildman–Crippen MR) is 45.1 cm³/mol. The zero-order chi connectivity index (χ0) is 8.20. The largest absolute Gasteiger partial charge is 0.371 e. The van der Waals surface area contributed by atoms with Gasteiger partial charge < -0.3 is 4.74 Å². The van der Waals surface area contributed by atoms with Gasteiger partial charge in [0.1, 0.15) is 0 Å². The first-order chi connectivity index (χ1) is 4.50. The van der Waals surface area contributed by atoms with Gasteiger partial charge in [-0.2, -0.15) is 0 Å². The zero-order valence-electron chi connectivity index (χ0n) is 7.48. The first kappa shape index (κ1) is 9.70. The Hall–Kier alpha value is -0.300. The highest BCUT2D eigenvalue weighted by molar-refractivity contribution is 4.75. The molecule has 0 amide bonds. The van der Waals surface area contributed by atoms with Crippen molar-refractivity contribution in [1.82, 2.24) is 0 Å². The summed E-state index contributed by atoms with van der Waals surface area (Å²) in [5.74, 6) is 0.549. The summed E-state index contributed by atoms with van der Waals surface area (Å²) < 4.78 is 5.52. The normalized spacial score (nSPS) is 12.1. The third-order valence-corrected chi connectivity index (χ3v) is 1.96. The van der Waals surface area contributed by atoms with Crippen molar-refractivity contribution < 1.29 is 4.74 Å². The second-order valence-electron chi connectivity index (χ2n) is 3.36. The Morgan fingerprint density at radius 1 is 1.50 bits per heavy atom. The minimum absolute atomic E-state index is 0.0197. The summed E-state index contributed by atoms with van der Waals surface area (Å²) in [7, 11) is 0. The second kappa shape index (κ2) is 3.77. The van der Waals surface area contributed by atoms with Crippen LogP contribution in [-0.4, -0.2) is 12.2 Å². The number of ether oxygens (including phenoxy) is 1. The van der Waals surface area contributed by atoms with Gasteiger partial charge in [-0.25, -0.2) is 0 Å². The molecule has 0 aliphatic carbocycles. The van der Waals surface area contributed by atoms with Crippen LogP contribution in [0.25, 0.3) is 0 Å². The molecule has 0 spiro atoms. The van der Waals surface area contributed by atoms with Crippen molar-refractivity contribution in [2.24, 2.45) is 5.92 Å². The van der Waals surface area contributed by atoms with E-state index in [9.17, 15) is 0 Å². The third kappa shape index (κ3) is 3.02. The van der Waals surface area contributed by atoms with Gasteiger partial charge in [-0.15, -0.1) is 6.58 Å². The van der Waals surface area contributed by atoms with Crippen molar-refractivity contribution in [2.45, 2.75) is 33.3 Å². The van der Waals surface area contributed by atoms with E-state index in [2.05, 4.69) is 34.3 Å². The summed E-state index contributed by atoms with van der Waals surface area (Å²) in [6.45, 7) is 12.8. The van der Waals surface area contributed by atoms with Gasteiger partial charge in [0.25, 0.3) is 0 Å². The summed E-state index contributed by atoms with van der Waals surface area (Å²) in [5, 5.41) is 0. The maximum atomic E-state index is 5.52. The molecule has 1 nitrogen and oxygen atoms in total. The smallest absolute Gasteiger partial charge is 0.0653 e. The van der Waals surface area contributed by atoms with Crippen LogP contribution in [0.1, 0.15) is 27.7 Å². The van der Waals surface area contributed by atoms with Crippen LogP contribution in [0.15, 0.2) is 12.7 Å². The van der Waals surface area contributed by atoms with Crippen molar-refractivity contribution in [1.29, 1.82) is 0 Å². The van der Waals surface area contributed by atoms with Crippen LogP contribution in [0.2, 0.25) is 0 Å². The molecule has 0 aromatic carbocycles. The molecule has 0 saturated heterocycles. The number of hydrogen-bond donors (Lipinski definition) is 0. The molecule has 0 rings (SSSR count). The summed E-state index contributed by atoms with van der Waals surface area (Å²) >= 11 is 0. The Morgan fingerprint density at radius 2 is 2.00 bits per heavy atom. The number of rotatable bonds is 4. The molecule has 60 valence electrons. The van der Waals surface area contributed by atoms with E-state index < -0.39 is 0 Å². The standard InChI is InChI=1S/C9H18O/c1-6-7-10-9(4,5)8(2)3/h6,8H,1,7H2,2-5H3. The van der Waals surface area contributed by atoms with E-state index in [1.165, 1.54) is 0 Å². The van der Waals surface area contributed by atoms with E-state index in [4.69, 9.17) is 4.74 Å². The average Bonchev–Trinajstić information content (AvgIpc) is 1.84. The molecule has 0 aromatic rings.